The summed E-state index contributed by atoms with van der Waals surface area (Å²) in [5.41, 5.74) is 0.824. The Balaban J connectivity index is 0.00000225. The first kappa shape index (κ1) is 20.9. The van der Waals surface area contributed by atoms with Crippen LogP contribution in [0, 0.1) is 0 Å². The Kier molecular flexibility index (Phi) is 7.55. The van der Waals surface area contributed by atoms with Gasteiger partial charge in [0.15, 0.2) is 9.84 Å². The summed E-state index contributed by atoms with van der Waals surface area (Å²) in [6, 6.07) is 5.99. The summed E-state index contributed by atoms with van der Waals surface area (Å²) in [5, 5.41) is 3.73. The minimum Gasteiger partial charge on any atom is -0.314 e. The number of nitrogens with one attached hydrogen (secondary N) is 1. The molecule has 1 N–H and O–H groups in total. The molecule has 1 unspecified atom stereocenters. The average Bonchev–Trinajstić information content (AvgIpc) is 3.04. The van der Waals surface area contributed by atoms with Gasteiger partial charge in [0.05, 0.1) is 15.7 Å². The topological polar surface area (TPSA) is 52.7 Å². The number of likely N-dealkylation sites (tertiary alicyclic amines) is 1. The van der Waals surface area contributed by atoms with Crippen LogP contribution >= 0.6 is 24.0 Å². The van der Waals surface area contributed by atoms with Crippen LogP contribution in [-0.4, -0.2) is 69.3 Å². The zero-order valence-corrected chi connectivity index (χ0v) is 17.0. The minimum absolute atomic E-state index is 0. The average molecular weight is 408 g/mol. The molecule has 1 aromatic carbocycles. The lowest BCUT2D eigenvalue weighted by atomic mass is 10.2. The predicted octanol–water partition coefficient (Wildman–Crippen LogP) is 2.03. The third-order valence-corrected chi connectivity index (χ3v) is 7.34. The van der Waals surface area contributed by atoms with Crippen LogP contribution in [0.4, 0.5) is 0 Å². The lowest BCUT2D eigenvalue weighted by Gasteiger charge is -2.32. The lowest BCUT2D eigenvalue weighted by molar-refractivity contribution is 0.170. The van der Waals surface area contributed by atoms with Gasteiger partial charge in [-0.05, 0) is 18.1 Å². The molecular weight excluding hydrogens is 381 g/mol. The molecule has 2 aliphatic rings. The van der Waals surface area contributed by atoms with E-state index in [9.17, 15) is 8.42 Å². The van der Waals surface area contributed by atoms with Crippen molar-refractivity contribution in [2.75, 3.05) is 45.0 Å². The maximum Gasteiger partial charge on any atom is 0.179 e. The van der Waals surface area contributed by atoms with E-state index in [0.717, 1.165) is 51.3 Å². The summed E-state index contributed by atoms with van der Waals surface area (Å²) >= 11 is 6.22. The van der Waals surface area contributed by atoms with Crippen LogP contribution in [-0.2, 0) is 16.4 Å². The Hall–Kier alpha value is -0.370. The van der Waals surface area contributed by atoms with E-state index in [4.69, 9.17) is 11.6 Å². The smallest absolute Gasteiger partial charge is 0.179 e. The van der Waals surface area contributed by atoms with Crippen LogP contribution < -0.4 is 5.32 Å². The van der Waals surface area contributed by atoms with Crippen LogP contribution in [0.15, 0.2) is 23.1 Å². The van der Waals surface area contributed by atoms with Crippen molar-refractivity contribution < 1.29 is 8.42 Å². The highest BCUT2D eigenvalue weighted by Gasteiger charge is 2.29. The molecule has 0 aromatic heterocycles. The van der Waals surface area contributed by atoms with Gasteiger partial charge in [-0.3, -0.25) is 9.80 Å². The number of hydrogen-bond donors (Lipinski definition) is 1. The molecule has 0 aliphatic carbocycles. The fourth-order valence-electron chi connectivity index (χ4n) is 3.71. The molecule has 2 heterocycles. The number of halogens is 2. The van der Waals surface area contributed by atoms with Gasteiger partial charge in [-0.1, -0.05) is 30.7 Å². The van der Waals surface area contributed by atoms with Crippen LogP contribution in [0.1, 0.15) is 18.9 Å². The Morgan fingerprint density at radius 3 is 2.64 bits per heavy atom. The number of sulfone groups is 1. The number of hydrogen-bond acceptors (Lipinski definition) is 5. The highest BCUT2D eigenvalue weighted by atomic mass is 35.5. The van der Waals surface area contributed by atoms with Gasteiger partial charge >= 0.3 is 0 Å². The standard InChI is InChI=1S/C17H26ClN3O2S.ClH/c1-2-24(22,23)17-14(4-3-5-16(17)18)12-20-9-6-15(13-20)21-10-7-19-8-11-21;/h3-5,15,19H,2,6-13H2,1H3;1H. The summed E-state index contributed by atoms with van der Waals surface area (Å²) in [6.45, 7) is 8.64. The number of benzene rings is 1. The Bertz CT molecular complexity index is 678. The molecule has 0 spiro atoms. The van der Waals surface area contributed by atoms with Gasteiger partial charge in [0.25, 0.3) is 0 Å². The van der Waals surface area contributed by atoms with E-state index in [1.165, 1.54) is 0 Å². The van der Waals surface area contributed by atoms with Crippen molar-refractivity contribution in [3.63, 3.8) is 0 Å². The van der Waals surface area contributed by atoms with Crippen molar-refractivity contribution in [3.8, 4) is 0 Å². The molecule has 1 aromatic rings. The molecular formula is C17H27Cl2N3O2S. The highest BCUT2D eigenvalue weighted by Crippen LogP contribution is 2.28. The van der Waals surface area contributed by atoms with Gasteiger partial charge in [0.2, 0.25) is 0 Å². The molecule has 3 rings (SSSR count). The highest BCUT2D eigenvalue weighted by molar-refractivity contribution is 7.91. The van der Waals surface area contributed by atoms with E-state index >= 15 is 0 Å². The maximum atomic E-state index is 12.4. The molecule has 25 heavy (non-hydrogen) atoms. The molecule has 2 saturated heterocycles. The lowest BCUT2D eigenvalue weighted by Crippen LogP contribution is -2.49. The van der Waals surface area contributed by atoms with E-state index in [1.807, 2.05) is 12.1 Å². The van der Waals surface area contributed by atoms with Crippen molar-refractivity contribution in [2.45, 2.75) is 30.8 Å². The van der Waals surface area contributed by atoms with Crippen molar-refractivity contribution in [2.24, 2.45) is 0 Å². The van der Waals surface area contributed by atoms with Gasteiger partial charge in [0.1, 0.15) is 0 Å². The molecule has 0 bridgehead atoms. The van der Waals surface area contributed by atoms with Gasteiger partial charge in [-0.25, -0.2) is 8.42 Å². The van der Waals surface area contributed by atoms with Crippen LogP contribution in [0.5, 0.6) is 0 Å². The third-order valence-electron chi connectivity index (χ3n) is 5.05. The van der Waals surface area contributed by atoms with Gasteiger partial charge < -0.3 is 5.32 Å². The Morgan fingerprint density at radius 2 is 1.96 bits per heavy atom. The fourth-order valence-corrected chi connectivity index (χ4v) is 5.45. The second kappa shape index (κ2) is 9.02. The molecule has 0 saturated carbocycles. The minimum atomic E-state index is -3.31. The second-order valence-electron chi connectivity index (χ2n) is 6.60. The quantitative estimate of drug-likeness (QED) is 0.808. The zero-order valence-electron chi connectivity index (χ0n) is 14.6. The van der Waals surface area contributed by atoms with E-state index in [2.05, 4.69) is 15.1 Å². The van der Waals surface area contributed by atoms with E-state index in [0.29, 0.717) is 22.5 Å². The summed E-state index contributed by atoms with van der Waals surface area (Å²) in [6.07, 6.45) is 1.15. The Labute approximate surface area is 162 Å². The number of rotatable bonds is 5. The summed E-state index contributed by atoms with van der Waals surface area (Å²) in [7, 11) is -3.31. The number of nitrogens with zero attached hydrogens (tertiary/aromatic N) is 2. The van der Waals surface area contributed by atoms with Gasteiger partial charge in [0, 0.05) is 51.9 Å². The monoisotopic (exact) mass is 407 g/mol. The molecule has 1 atom stereocenters. The number of piperazine rings is 1. The van der Waals surface area contributed by atoms with Crippen LogP contribution in [0.3, 0.4) is 0 Å². The molecule has 5 nitrogen and oxygen atoms in total. The predicted molar refractivity (Wildman–Crippen MR) is 105 cm³/mol. The summed E-state index contributed by atoms with van der Waals surface area (Å²) < 4.78 is 24.8. The van der Waals surface area contributed by atoms with Crippen molar-refractivity contribution in [3.05, 3.63) is 28.8 Å². The Morgan fingerprint density at radius 1 is 1.24 bits per heavy atom. The van der Waals surface area contributed by atoms with E-state index in [-0.39, 0.29) is 18.2 Å². The second-order valence-corrected chi connectivity index (χ2v) is 9.22. The summed E-state index contributed by atoms with van der Waals surface area (Å²) in [4.78, 5) is 5.23. The summed E-state index contributed by atoms with van der Waals surface area (Å²) in [5.74, 6) is 0.0765. The fraction of sp³-hybridized carbons (Fsp3) is 0.647. The van der Waals surface area contributed by atoms with E-state index in [1.54, 1.807) is 13.0 Å². The normalized spacial score (nSPS) is 22.7. The van der Waals surface area contributed by atoms with Crippen molar-refractivity contribution in [1.82, 2.24) is 15.1 Å². The first-order valence-electron chi connectivity index (χ1n) is 8.68. The molecule has 8 heteroatoms. The van der Waals surface area contributed by atoms with Gasteiger partial charge in [-0.15, -0.1) is 12.4 Å². The zero-order chi connectivity index (χ0) is 17.2. The first-order chi connectivity index (χ1) is 11.5. The van der Waals surface area contributed by atoms with Gasteiger partial charge in [-0.2, -0.15) is 0 Å². The molecule has 2 aliphatic heterocycles. The largest absolute Gasteiger partial charge is 0.314 e. The van der Waals surface area contributed by atoms with E-state index < -0.39 is 9.84 Å². The molecule has 142 valence electrons. The molecule has 0 amide bonds. The first-order valence-corrected chi connectivity index (χ1v) is 10.7. The maximum absolute atomic E-state index is 12.4. The molecule has 2 fully saturated rings. The molecule has 0 radical (unpaired) electrons. The van der Waals surface area contributed by atoms with Crippen LogP contribution in [0.25, 0.3) is 0 Å². The van der Waals surface area contributed by atoms with Crippen molar-refractivity contribution >= 4 is 33.8 Å². The SMILES string of the molecule is CCS(=O)(=O)c1c(Cl)cccc1CN1CCC(N2CCNCC2)C1.Cl. The van der Waals surface area contributed by atoms with Crippen molar-refractivity contribution in [1.29, 1.82) is 0 Å². The van der Waals surface area contributed by atoms with Crippen LogP contribution in [0.2, 0.25) is 5.02 Å². The third kappa shape index (κ3) is 4.87.